The van der Waals surface area contributed by atoms with Crippen LogP contribution in [0.15, 0.2) is 0 Å². The first-order valence-electron chi connectivity index (χ1n) is 4.29. The van der Waals surface area contributed by atoms with Gasteiger partial charge in [0.1, 0.15) is 6.29 Å². The highest BCUT2D eigenvalue weighted by molar-refractivity contribution is 5.57. The minimum absolute atomic E-state index is 0.0634. The molecule has 3 N–H and O–H groups in total. The number of nitrogens with two attached hydrogens (primary N) is 1. The van der Waals surface area contributed by atoms with E-state index in [1.807, 2.05) is 14.1 Å². The van der Waals surface area contributed by atoms with Crippen LogP contribution in [0.2, 0.25) is 0 Å². The van der Waals surface area contributed by atoms with E-state index in [1.54, 1.807) is 5.01 Å². The third kappa shape index (κ3) is 6.27. The molecule has 1 unspecified atom stereocenters. The molecule has 0 rings (SSSR count). The second kappa shape index (κ2) is 7.21. The van der Waals surface area contributed by atoms with Crippen LogP contribution < -0.4 is 11.2 Å². The summed E-state index contributed by atoms with van der Waals surface area (Å²) in [5, 5.41) is 1.79. The molecule has 4 heteroatoms. The molecule has 0 aliphatic heterocycles. The average molecular weight is 173 g/mol. The van der Waals surface area contributed by atoms with Gasteiger partial charge in [0.15, 0.2) is 0 Å². The molecule has 0 aliphatic carbocycles. The molecule has 0 aromatic rings. The fraction of sp³-hybridized carbons (Fsp3) is 0.875. The second-order valence-electron chi connectivity index (χ2n) is 3.05. The van der Waals surface area contributed by atoms with Crippen molar-refractivity contribution in [2.45, 2.75) is 25.3 Å². The second-order valence-corrected chi connectivity index (χ2v) is 3.05. The maximum absolute atomic E-state index is 10.5. The van der Waals surface area contributed by atoms with Crippen LogP contribution in [0.4, 0.5) is 0 Å². The summed E-state index contributed by atoms with van der Waals surface area (Å²) in [6.07, 6.45) is 3.79. The predicted octanol–water partition coefficient (Wildman–Crippen LogP) is -0.251. The lowest BCUT2D eigenvalue weighted by Crippen LogP contribution is -2.40. The predicted molar refractivity (Wildman–Crippen MR) is 49.6 cm³/mol. The third-order valence-electron chi connectivity index (χ3n) is 1.56. The topological polar surface area (TPSA) is 58.4 Å². The van der Waals surface area contributed by atoms with Crippen molar-refractivity contribution in [2.24, 2.45) is 5.73 Å². The smallest absolute Gasteiger partial charge is 0.138 e. The molecule has 0 aromatic carbocycles. The lowest BCUT2D eigenvalue weighted by Gasteiger charge is -2.17. The van der Waals surface area contributed by atoms with E-state index < -0.39 is 0 Å². The summed E-state index contributed by atoms with van der Waals surface area (Å²) >= 11 is 0. The molecule has 0 aromatic heterocycles. The monoisotopic (exact) mass is 173 g/mol. The molecule has 0 fully saturated rings. The van der Waals surface area contributed by atoms with E-state index in [2.05, 4.69) is 5.43 Å². The first-order chi connectivity index (χ1) is 5.70. The first-order valence-corrected chi connectivity index (χ1v) is 4.29. The standard InChI is InChI=1S/C8H19N3O/c1-11(2)10-8(7-12)5-3-4-6-9/h7-8,10H,3-6,9H2,1-2H3. The molecular formula is C8H19N3O. The van der Waals surface area contributed by atoms with Crippen LogP contribution in [0.5, 0.6) is 0 Å². The molecule has 0 bridgehead atoms. The van der Waals surface area contributed by atoms with E-state index in [9.17, 15) is 4.79 Å². The van der Waals surface area contributed by atoms with Gasteiger partial charge in [0.05, 0.1) is 6.04 Å². The Morgan fingerprint density at radius 1 is 1.50 bits per heavy atom. The molecule has 4 nitrogen and oxygen atoms in total. The van der Waals surface area contributed by atoms with Crippen molar-refractivity contribution in [3.05, 3.63) is 0 Å². The number of hydrogen-bond acceptors (Lipinski definition) is 4. The molecule has 0 spiro atoms. The minimum Gasteiger partial charge on any atom is -0.330 e. The number of nitrogens with one attached hydrogen (secondary N) is 1. The molecule has 0 radical (unpaired) electrons. The van der Waals surface area contributed by atoms with Crippen LogP contribution in [0.1, 0.15) is 19.3 Å². The number of hydrogen-bond donors (Lipinski definition) is 2. The fourth-order valence-electron chi connectivity index (χ4n) is 1.00. The number of unbranched alkanes of at least 4 members (excludes halogenated alkanes) is 1. The Kier molecular flexibility index (Phi) is 6.94. The van der Waals surface area contributed by atoms with Crippen molar-refractivity contribution in [3.8, 4) is 0 Å². The van der Waals surface area contributed by atoms with Gasteiger partial charge in [-0.2, -0.15) is 0 Å². The maximum Gasteiger partial charge on any atom is 0.138 e. The van der Waals surface area contributed by atoms with Crippen molar-refractivity contribution >= 4 is 6.29 Å². The van der Waals surface area contributed by atoms with Crippen LogP contribution >= 0.6 is 0 Å². The van der Waals surface area contributed by atoms with E-state index >= 15 is 0 Å². The van der Waals surface area contributed by atoms with Crippen molar-refractivity contribution in [3.63, 3.8) is 0 Å². The van der Waals surface area contributed by atoms with Crippen molar-refractivity contribution in [2.75, 3.05) is 20.6 Å². The molecule has 1 atom stereocenters. The van der Waals surface area contributed by atoms with Gasteiger partial charge in [-0.05, 0) is 19.4 Å². The van der Waals surface area contributed by atoms with Crippen LogP contribution in [0.25, 0.3) is 0 Å². The number of rotatable bonds is 7. The van der Waals surface area contributed by atoms with E-state index in [0.29, 0.717) is 6.54 Å². The highest BCUT2D eigenvalue weighted by Crippen LogP contribution is 1.97. The zero-order valence-electron chi connectivity index (χ0n) is 7.92. The van der Waals surface area contributed by atoms with E-state index in [-0.39, 0.29) is 6.04 Å². The van der Waals surface area contributed by atoms with Gasteiger partial charge >= 0.3 is 0 Å². The van der Waals surface area contributed by atoms with E-state index in [0.717, 1.165) is 25.5 Å². The number of nitrogens with zero attached hydrogens (tertiary/aromatic N) is 1. The van der Waals surface area contributed by atoms with Crippen LogP contribution in [0, 0.1) is 0 Å². The highest BCUT2D eigenvalue weighted by Gasteiger charge is 2.05. The van der Waals surface area contributed by atoms with Crippen molar-refractivity contribution in [1.29, 1.82) is 0 Å². The van der Waals surface area contributed by atoms with E-state index in [4.69, 9.17) is 5.73 Å². The van der Waals surface area contributed by atoms with Gasteiger partial charge in [-0.25, -0.2) is 10.4 Å². The quantitative estimate of drug-likeness (QED) is 0.317. The SMILES string of the molecule is CN(C)NC(C=O)CCCCN. The molecule has 0 saturated carbocycles. The fourth-order valence-corrected chi connectivity index (χ4v) is 1.00. The zero-order chi connectivity index (χ0) is 9.40. The highest BCUT2D eigenvalue weighted by atomic mass is 16.1. The lowest BCUT2D eigenvalue weighted by molar-refractivity contribution is -0.110. The Labute approximate surface area is 74.1 Å². The Morgan fingerprint density at radius 3 is 2.58 bits per heavy atom. The molecule has 72 valence electrons. The molecule has 0 heterocycles. The number of carbonyl (C=O) groups excluding carboxylic acids is 1. The van der Waals surface area contributed by atoms with Crippen molar-refractivity contribution in [1.82, 2.24) is 10.4 Å². The largest absolute Gasteiger partial charge is 0.330 e. The molecule has 0 amide bonds. The summed E-state index contributed by atoms with van der Waals surface area (Å²) < 4.78 is 0. The summed E-state index contributed by atoms with van der Waals surface area (Å²) in [4.78, 5) is 10.5. The zero-order valence-corrected chi connectivity index (χ0v) is 7.92. The van der Waals surface area contributed by atoms with Gasteiger partial charge in [-0.3, -0.25) is 0 Å². The lowest BCUT2D eigenvalue weighted by atomic mass is 10.1. The van der Waals surface area contributed by atoms with E-state index in [1.165, 1.54) is 0 Å². The van der Waals surface area contributed by atoms with Gasteiger partial charge in [-0.1, -0.05) is 6.42 Å². The molecular weight excluding hydrogens is 154 g/mol. The van der Waals surface area contributed by atoms with Crippen LogP contribution in [-0.4, -0.2) is 38.0 Å². The third-order valence-corrected chi connectivity index (χ3v) is 1.56. The summed E-state index contributed by atoms with van der Waals surface area (Å²) in [6, 6.07) is -0.0634. The normalized spacial score (nSPS) is 13.3. The van der Waals surface area contributed by atoms with Gasteiger partial charge in [-0.15, -0.1) is 0 Å². The van der Waals surface area contributed by atoms with Crippen molar-refractivity contribution < 1.29 is 4.79 Å². The Morgan fingerprint density at radius 2 is 2.17 bits per heavy atom. The average Bonchev–Trinajstić information content (AvgIpc) is 2.02. The number of hydrazine groups is 1. The number of carbonyl (C=O) groups is 1. The Hall–Kier alpha value is -0.450. The van der Waals surface area contributed by atoms with Gasteiger partial charge in [0.25, 0.3) is 0 Å². The van der Waals surface area contributed by atoms with Crippen LogP contribution in [0.3, 0.4) is 0 Å². The Balaban J connectivity index is 3.46. The summed E-state index contributed by atoms with van der Waals surface area (Å²) in [6.45, 7) is 0.702. The van der Waals surface area contributed by atoms with Gasteiger partial charge in [0.2, 0.25) is 0 Å². The molecule has 0 aliphatic rings. The summed E-state index contributed by atoms with van der Waals surface area (Å²) in [5.41, 5.74) is 8.35. The maximum atomic E-state index is 10.5. The Bertz CT molecular complexity index is 117. The van der Waals surface area contributed by atoms with Gasteiger partial charge in [0, 0.05) is 14.1 Å². The first kappa shape index (κ1) is 11.6. The van der Waals surface area contributed by atoms with Gasteiger partial charge < -0.3 is 10.5 Å². The summed E-state index contributed by atoms with van der Waals surface area (Å²) in [5.74, 6) is 0. The van der Waals surface area contributed by atoms with Crippen LogP contribution in [-0.2, 0) is 4.79 Å². The molecule has 0 saturated heterocycles. The minimum atomic E-state index is -0.0634. The molecule has 12 heavy (non-hydrogen) atoms. The summed E-state index contributed by atoms with van der Waals surface area (Å²) in [7, 11) is 3.75. The number of aldehydes is 1.